The van der Waals surface area contributed by atoms with E-state index in [0.29, 0.717) is 11.8 Å². The Morgan fingerprint density at radius 3 is 2.68 bits per heavy atom. The van der Waals surface area contributed by atoms with Crippen molar-refractivity contribution in [2.75, 3.05) is 5.75 Å². The first-order valence-corrected chi connectivity index (χ1v) is 9.89. The molecule has 0 saturated heterocycles. The SMILES string of the molecule is O=C(CSc1nc2ccccc2s1)NC1CCCCCCC1. The molecule has 1 aromatic carbocycles. The van der Waals surface area contributed by atoms with Gasteiger partial charge in [0.1, 0.15) is 0 Å². The van der Waals surface area contributed by atoms with Gasteiger partial charge in [-0.25, -0.2) is 4.98 Å². The second-order valence-corrected chi connectivity index (χ2v) is 8.10. The zero-order chi connectivity index (χ0) is 15.2. The van der Waals surface area contributed by atoms with Crippen LogP contribution in [0.15, 0.2) is 28.6 Å². The summed E-state index contributed by atoms with van der Waals surface area (Å²) in [7, 11) is 0. The van der Waals surface area contributed by atoms with Gasteiger partial charge in [-0.3, -0.25) is 4.79 Å². The van der Waals surface area contributed by atoms with Crippen LogP contribution >= 0.6 is 23.1 Å². The first kappa shape index (κ1) is 15.8. The number of benzene rings is 1. The Bertz CT molecular complexity index is 585. The van der Waals surface area contributed by atoms with Crippen LogP contribution in [0.25, 0.3) is 10.2 Å². The molecule has 0 radical (unpaired) electrons. The highest BCUT2D eigenvalue weighted by Crippen LogP contribution is 2.29. The van der Waals surface area contributed by atoms with Gasteiger partial charge < -0.3 is 5.32 Å². The number of aromatic nitrogens is 1. The standard InChI is InChI=1S/C17H22N2OS2/c20-16(18-13-8-4-2-1-3-5-9-13)12-21-17-19-14-10-6-7-11-15(14)22-17/h6-7,10-11,13H,1-5,8-9,12H2,(H,18,20). The monoisotopic (exact) mass is 334 g/mol. The van der Waals surface area contributed by atoms with Crippen molar-refractivity contribution in [3.05, 3.63) is 24.3 Å². The summed E-state index contributed by atoms with van der Waals surface area (Å²) in [6, 6.07) is 8.49. The molecule has 0 atom stereocenters. The summed E-state index contributed by atoms with van der Waals surface area (Å²) >= 11 is 3.21. The highest BCUT2D eigenvalue weighted by molar-refractivity contribution is 8.01. The first-order valence-electron chi connectivity index (χ1n) is 8.09. The van der Waals surface area contributed by atoms with Crippen LogP contribution in [0.3, 0.4) is 0 Å². The lowest BCUT2D eigenvalue weighted by Gasteiger charge is -2.20. The van der Waals surface area contributed by atoms with E-state index in [2.05, 4.69) is 16.4 Å². The molecule has 3 nitrogen and oxygen atoms in total. The van der Waals surface area contributed by atoms with Gasteiger partial charge in [0.15, 0.2) is 4.34 Å². The minimum absolute atomic E-state index is 0.148. The lowest BCUT2D eigenvalue weighted by molar-refractivity contribution is -0.119. The van der Waals surface area contributed by atoms with Gasteiger partial charge in [-0.1, -0.05) is 56.0 Å². The average molecular weight is 335 g/mol. The number of thioether (sulfide) groups is 1. The van der Waals surface area contributed by atoms with Gasteiger partial charge in [0.2, 0.25) is 5.91 Å². The number of hydrogen-bond donors (Lipinski definition) is 1. The molecule has 1 aliphatic rings. The van der Waals surface area contributed by atoms with Crippen LogP contribution in [-0.2, 0) is 4.79 Å². The van der Waals surface area contributed by atoms with Crippen molar-refractivity contribution < 1.29 is 4.79 Å². The van der Waals surface area contributed by atoms with Crippen LogP contribution < -0.4 is 5.32 Å². The summed E-state index contributed by atoms with van der Waals surface area (Å²) in [5, 5.41) is 3.21. The summed E-state index contributed by atoms with van der Waals surface area (Å²) in [5.74, 6) is 0.617. The number of carbonyl (C=O) groups is 1. The molecule has 1 saturated carbocycles. The quantitative estimate of drug-likeness (QED) is 0.830. The van der Waals surface area contributed by atoms with Crippen molar-refractivity contribution >= 4 is 39.2 Å². The van der Waals surface area contributed by atoms with Gasteiger partial charge in [-0.2, -0.15) is 0 Å². The van der Waals surface area contributed by atoms with E-state index >= 15 is 0 Å². The Hall–Kier alpha value is -1.07. The molecule has 1 amide bonds. The molecule has 1 fully saturated rings. The van der Waals surface area contributed by atoms with E-state index in [-0.39, 0.29) is 5.91 Å². The predicted molar refractivity (Wildman–Crippen MR) is 94.6 cm³/mol. The van der Waals surface area contributed by atoms with Crippen molar-refractivity contribution in [1.82, 2.24) is 10.3 Å². The Balaban J connectivity index is 1.48. The number of nitrogens with one attached hydrogen (secondary N) is 1. The largest absolute Gasteiger partial charge is 0.353 e. The van der Waals surface area contributed by atoms with Crippen molar-refractivity contribution in [2.45, 2.75) is 55.3 Å². The highest BCUT2D eigenvalue weighted by atomic mass is 32.2. The third kappa shape index (κ3) is 4.46. The van der Waals surface area contributed by atoms with Crippen LogP contribution in [0.5, 0.6) is 0 Å². The topological polar surface area (TPSA) is 42.0 Å². The van der Waals surface area contributed by atoms with Crippen molar-refractivity contribution in [3.8, 4) is 0 Å². The molecule has 0 spiro atoms. The zero-order valence-corrected chi connectivity index (χ0v) is 14.3. The van der Waals surface area contributed by atoms with E-state index in [9.17, 15) is 4.79 Å². The van der Waals surface area contributed by atoms with E-state index in [0.717, 1.165) is 22.7 Å². The molecule has 0 unspecified atom stereocenters. The Morgan fingerprint density at radius 1 is 1.18 bits per heavy atom. The summed E-state index contributed by atoms with van der Waals surface area (Å²) in [6.07, 6.45) is 8.74. The minimum Gasteiger partial charge on any atom is -0.353 e. The Kier molecular flexibility index (Phi) is 5.73. The van der Waals surface area contributed by atoms with Gasteiger partial charge in [0.25, 0.3) is 0 Å². The number of para-hydroxylation sites is 1. The molecule has 5 heteroatoms. The number of hydrogen-bond acceptors (Lipinski definition) is 4. The van der Waals surface area contributed by atoms with Crippen LogP contribution in [-0.4, -0.2) is 22.7 Å². The molecule has 0 bridgehead atoms. The van der Waals surface area contributed by atoms with Gasteiger partial charge in [0.05, 0.1) is 16.0 Å². The van der Waals surface area contributed by atoms with Crippen molar-refractivity contribution in [1.29, 1.82) is 0 Å². The van der Waals surface area contributed by atoms with E-state index in [1.807, 2.05) is 18.2 Å². The van der Waals surface area contributed by atoms with E-state index in [4.69, 9.17) is 0 Å². The van der Waals surface area contributed by atoms with E-state index in [1.54, 1.807) is 23.1 Å². The number of fused-ring (bicyclic) bond motifs is 1. The predicted octanol–water partition coefficient (Wildman–Crippen LogP) is 4.62. The highest BCUT2D eigenvalue weighted by Gasteiger charge is 2.14. The second-order valence-electron chi connectivity index (χ2n) is 5.85. The number of thiazole rings is 1. The third-order valence-electron chi connectivity index (χ3n) is 4.07. The van der Waals surface area contributed by atoms with Gasteiger partial charge in [-0.05, 0) is 25.0 Å². The van der Waals surface area contributed by atoms with E-state index in [1.165, 1.54) is 36.8 Å². The molecule has 118 valence electrons. The average Bonchev–Trinajstić information content (AvgIpc) is 2.91. The fourth-order valence-corrected chi connectivity index (χ4v) is 4.79. The number of rotatable bonds is 4. The Morgan fingerprint density at radius 2 is 1.91 bits per heavy atom. The molecule has 1 aliphatic carbocycles. The lowest BCUT2D eigenvalue weighted by atomic mass is 9.97. The molecular formula is C17H22N2OS2. The maximum Gasteiger partial charge on any atom is 0.230 e. The molecule has 22 heavy (non-hydrogen) atoms. The molecule has 1 heterocycles. The summed E-state index contributed by atoms with van der Waals surface area (Å²) in [5.41, 5.74) is 1.02. The molecule has 0 aliphatic heterocycles. The molecule has 1 N–H and O–H groups in total. The van der Waals surface area contributed by atoms with Crippen LogP contribution in [0, 0.1) is 0 Å². The van der Waals surface area contributed by atoms with Gasteiger partial charge >= 0.3 is 0 Å². The van der Waals surface area contributed by atoms with Gasteiger partial charge in [0, 0.05) is 6.04 Å². The molecule has 3 rings (SSSR count). The fourth-order valence-electron chi connectivity index (χ4n) is 2.91. The first-order chi connectivity index (χ1) is 10.8. The summed E-state index contributed by atoms with van der Waals surface area (Å²) in [6.45, 7) is 0. The normalized spacial score (nSPS) is 17.1. The second kappa shape index (κ2) is 7.97. The fraction of sp³-hybridized carbons (Fsp3) is 0.529. The van der Waals surface area contributed by atoms with E-state index < -0.39 is 0 Å². The summed E-state index contributed by atoms with van der Waals surface area (Å²) < 4.78 is 2.17. The van der Waals surface area contributed by atoms with Crippen molar-refractivity contribution in [3.63, 3.8) is 0 Å². The van der Waals surface area contributed by atoms with Crippen LogP contribution in [0.2, 0.25) is 0 Å². The maximum atomic E-state index is 12.1. The third-order valence-corrected chi connectivity index (χ3v) is 6.25. The smallest absolute Gasteiger partial charge is 0.230 e. The molecule has 1 aromatic heterocycles. The number of nitrogens with zero attached hydrogens (tertiary/aromatic N) is 1. The maximum absolute atomic E-state index is 12.1. The van der Waals surface area contributed by atoms with Crippen LogP contribution in [0.1, 0.15) is 44.9 Å². The summed E-state index contributed by atoms with van der Waals surface area (Å²) in [4.78, 5) is 16.7. The zero-order valence-electron chi connectivity index (χ0n) is 12.7. The van der Waals surface area contributed by atoms with Gasteiger partial charge in [-0.15, -0.1) is 11.3 Å². The lowest BCUT2D eigenvalue weighted by Crippen LogP contribution is -2.36. The van der Waals surface area contributed by atoms with Crippen molar-refractivity contribution in [2.24, 2.45) is 0 Å². The molecule has 2 aromatic rings. The van der Waals surface area contributed by atoms with Crippen LogP contribution in [0.4, 0.5) is 0 Å². The minimum atomic E-state index is 0.148. The molecular weight excluding hydrogens is 312 g/mol. The number of carbonyl (C=O) groups excluding carboxylic acids is 1. The number of amides is 1. The Labute approximate surface area is 139 Å².